The lowest BCUT2D eigenvalue weighted by Crippen LogP contribution is -2.36. The van der Waals surface area contributed by atoms with E-state index in [1.54, 1.807) is 0 Å². The Balaban J connectivity index is 2.24. The quantitative estimate of drug-likeness (QED) is 0.764. The zero-order valence-electron chi connectivity index (χ0n) is 11.6. The molecule has 0 unspecified atom stereocenters. The van der Waals surface area contributed by atoms with Crippen molar-refractivity contribution < 1.29 is 9.18 Å². The van der Waals surface area contributed by atoms with E-state index in [-0.39, 0.29) is 11.6 Å². The summed E-state index contributed by atoms with van der Waals surface area (Å²) in [6.45, 7) is 3.06. The molecule has 0 saturated carbocycles. The first kappa shape index (κ1) is 13.6. The van der Waals surface area contributed by atoms with Crippen molar-refractivity contribution in [2.75, 3.05) is 32.1 Å². The highest BCUT2D eigenvalue weighted by atomic mass is 19.1. The van der Waals surface area contributed by atoms with Gasteiger partial charge in [-0.05, 0) is 30.7 Å². The first-order valence-electron chi connectivity index (χ1n) is 6.38. The number of rotatable bonds is 2. The van der Waals surface area contributed by atoms with Gasteiger partial charge < -0.3 is 9.80 Å². The van der Waals surface area contributed by atoms with Crippen LogP contribution in [0.25, 0.3) is 0 Å². The third-order valence-electron chi connectivity index (χ3n) is 3.13. The van der Waals surface area contributed by atoms with Gasteiger partial charge >= 0.3 is 0 Å². The Morgan fingerprint density at radius 2 is 2.05 bits per heavy atom. The summed E-state index contributed by atoms with van der Waals surface area (Å²) in [4.78, 5) is 15.8. The van der Waals surface area contributed by atoms with E-state index < -0.39 is 0 Å². The number of nitrogens with zero attached hydrogens (tertiary/aromatic N) is 2. The molecule has 1 aromatic carbocycles. The highest BCUT2D eigenvalue weighted by Crippen LogP contribution is 2.23. The normalized spacial score (nSPS) is 18.0. The van der Waals surface area contributed by atoms with Crippen LogP contribution >= 0.6 is 0 Å². The van der Waals surface area contributed by atoms with Crippen LogP contribution < -0.4 is 4.90 Å². The standard InChI is InChI=1S/C15H19FN2O/c1-11-6-13(16)8-14(7-11)18-5-4-15(19)12(10-18)9-17(2)3/h6-9H,4-5,10H2,1-3H3/b12-9+. The molecule has 0 atom stereocenters. The smallest absolute Gasteiger partial charge is 0.163 e. The van der Waals surface area contributed by atoms with Gasteiger partial charge in [0, 0.05) is 51.1 Å². The highest BCUT2D eigenvalue weighted by molar-refractivity contribution is 5.97. The van der Waals surface area contributed by atoms with E-state index >= 15 is 0 Å². The van der Waals surface area contributed by atoms with Gasteiger partial charge in [-0.3, -0.25) is 4.79 Å². The van der Waals surface area contributed by atoms with E-state index in [2.05, 4.69) is 0 Å². The molecule has 3 nitrogen and oxygen atoms in total. The molecule has 0 radical (unpaired) electrons. The Kier molecular flexibility index (Phi) is 3.88. The second-order valence-corrected chi connectivity index (χ2v) is 5.20. The number of benzene rings is 1. The molecule has 19 heavy (non-hydrogen) atoms. The summed E-state index contributed by atoms with van der Waals surface area (Å²) in [6, 6.07) is 4.98. The maximum Gasteiger partial charge on any atom is 0.163 e. The van der Waals surface area contributed by atoms with Crippen molar-refractivity contribution in [2.24, 2.45) is 0 Å². The SMILES string of the molecule is Cc1cc(F)cc(N2CCC(=O)/C(=C/N(C)C)C2)c1. The molecular formula is C15H19FN2O. The fourth-order valence-corrected chi connectivity index (χ4v) is 2.31. The van der Waals surface area contributed by atoms with Crippen molar-refractivity contribution in [3.63, 3.8) is 0 Å². The molecule has 0 aliphatic carbocycles. The summed E-state index contributed by atoms with van der Waals surface area (Å²) in [7, 11) is 3.79. The van der Waals surface area contributed by atoms with E-state index in [0.29, 0.717) is 19.5 Å². The molecule has 1 fully saturated rings. The minimum absolute atomic E-state index is 0.179. The highest BCUT2D eigenvalue weighted by Gasteiger charge is 2.22. The number of halogens is 1. The molecule has 0 aromatic heterocycles. The predicted molar refractivity (Wildman–Crippen MR) is 74.7 cm³/mol. The van der Waals surface area contributed by atoms with Gasteiger partial charge in [-0.1, -0.05) is 0 Å². The molecule has 1 heterocycles. The lowest BCUT2D eigenvalue weighted by Gasteiger charge is -2.30. The molecule has 0 amide bonds. The summed E-state index contributed by atoms with van der Waals surface area (Å²) in [6.07, 6.45) is 2.33. The summed E-state index contributed by atoms with van der Waals surface area (Å²) < 4.78 is 13.5. The maximum atomic E-state index is 13.5. The minimum atomic E-state index is -0.231. The van der Waals surface area contributed by atoms with Crippen LogP contribution in [0.4, 0.5) is 10.1 Å². The van der Waals surface area contributed by atoms with Gasteiger partial charge in [-0.15, -0.1) is 0 Å². The van der Waals surface area contributed by atoms with Gasteiger partial charge in [0.25, 0.3) is 0 Å². The molecule has 4 heteroatoms. The van der Waals surface area contributed by atoms with Crippen LogP contribution in [0.3, 0.4) is 0 Å². The zero-order valence-corrected chi connectivity index (χ0v) is 11.6. The topological polar surface area (TPSA) is 23.6 Å². The van der Waals surface area contributed by atoms with Crippen LogP contribution in [-0.4, -0.2) is 37.9 Å². The predicted octanol–water partition coefficient (Wildman–Crippen LogP) is 2.36. The Morgan fingerprint density at radius 3 is 2.68 bits per heavy atom. The van der Waals surface area contributed by atoms with Crippen molar-refractivity contribution in [3.05, 3.63) is 41.4 Å². The van der Waals surface area contributed by atoms with Crippen molar-refractivity contribution in [1.82, 2.24) is 4.90 Å². The average Bonchev–Trinajstić information content (AvgIpc) is 2.30. The fraction of sp³-hybridized carbons (Fsp3) is 0.400. The fourth-order valence-electron chi connectivity index (χ4n) is 2.31. The van der Waals surface area contributed by atoms with Gasteiger partial charge in [0.15, 0.2) is 5.78 Å². The van der Waals surface area contributed by atoms with Crippen LogP contribution in [0, 0.1) is 12.7 Å². The van der Waals surface area contributed by atoms with Crippen molar-refractivity contribution in [1.29, 1.82) is 0 Å². The molecule has 2 rings (SSSR count). The summed E-state index contributed by atoms with van der Waals surface area (Å²) in [5.74, 6) is -0.0527. The maximum absolute atomic E-state index is 13.5. The summed E-state index contributed by atoms with van der Waals surface area (Å²) in [5.41, 5.74) is 2.51. The first-order chi connectivity index (χ1) is 8.95. The molecule has 1 aromatic rings. The van der Waals surface area contributed by atoms with Crippen LogP contribution in [0.2, 0.25) is 0 Å². The van der Waals surface area contributed by atoms with Gasteiger partial charge in [0.1, 0.15) is 5.82 Å². The number of hydrogen-bond donors (Lipinski definition) is 0. The summed E-state index contributed by atoms with van der Waals surface area (Å²) >= 11 is 0. The minimum Gasteiger partial charge on any atom is -0.383 e. The van der Waals surface area contributed by atoms with Gasteiger partial charge in [0.2, 0.25) is 0 Å². The van der Waals surface area contributed by atoms with Crippen molar-refractivity contribution in [3.8, 4) is 0 Å². The Bertz CT molecular complexity index is 503. The first-order valence-corrected chi connectivity index (χ1v) is 6.38. The Morgan fingerprint density at radius 1 is 1.32 bits per heavy atom. The lowest BCUT2D eigenvalue weighted by molar-refractivity contribution is -0.116. The van der Waals surface area contributed by atoms with Gasteiger partial charge in [-0.25, -0.2) is 4.39 Å². The van der Waals surface area contributed by atoms with Gasteiger partial charge in [0.05, 0.1) is 0 Å². The third-order valence-corrected chi connectivity index (χ3v) is 3.13. The number of carbonyl (C=O) groups is 1. The van der Waals surface area contributed by atoms with Crippen LogP contribution in [0.5, 0.6) is 0 Å². The van der Waals surface area contributed by atoms with Crippen molar-refractivity contribution >= 4 is 11.5 Å². The van der Waals surface area contributed by atoms with E-state index in [9.17, 15) is 9.18 Å². The second-order valence-electron chi connectivity index (χ2n) is 5.20. The zero-order chi connectivity index (χ0) is 14.0. The monoisotopic (exact) mass is 262 g/mol. The van der Waals surface area contributed by atoms with E-state index in [1.165, 1.54) is 12.1 Å². The largest absolute Gasteiger partial charge is 0.383 e. The van der Waals surface area contributed by atoms with E-state index in [1.807, 2.05) is 43.1 Å². The lowest BCUT2D eigenvalue weighted by atomic mass is 10.0. The molecule has 1 saturated heterocycles. The summed E-state index contributed by atoms with van der Waals surface area (Å²) in [5, 5.41) is 0. The van der Waals surface area contributed by atoms with E-state index in [4.69, 9.17) is 0 Å². The number of Topliss-reactive ketones (excluding diaryl/α,β-unsaturated/α-hetero) is 1. The molecule has 0 bridgehead atoms. The number of aryl methyl sites for hydroxylation is 1. The number of anilines is 1. The third kappa shape index (κ3) is 3.34. The molecule has 0 N–H and O–H groups in total. The number of carbonyl (C=O) groups excluding carboxylic acids is 1. The van der Waals surface area contributed by atoms with Crippen molar-refractivity contribution in [2.45, 2.75) is 13.3 Å². The molecular weight excluding hydrogens is 243 g/mol. The number of piperidine rings is 1. The van der Waals surface area contributed by atoms with Crippen LogP contribution in [0.15, 0.2) is 30.0 Å². The van der Waals surface area contributed by atoms with Crippen LogP contribution in [0.1, 0.15) is 12.0 Å². The van der Waals surface area contributed by atoms with E-state index in [0.717, 1.165) is 16.8 Å². The molecule has 1 aliphatic heterocycles. The van der Waals surface area contributed by atoms with Crippen LogP contribution in [-0.2, 0) is 4.79 Å². The number of hydrogen-bond acceptors (Lipinski definition) is 3. The second kappa shape index (κ2) is 5.43. The Labute approximate surface area is 113 Å². The Hall–Kier alpha value is -1.84. The number of ketones is 1. The van der Waals surface area contributed by atoms with Gasteiger partial charge in [-0.2, -0.15) is 0 Å². The molecule has 102 valence electrons. The molecule has 1 aliphatic rings. The molecule has 0 spiro atoms. The average molecular weight is 262 g/mol.